The van der Waals surface area contributed by atoms with E-state index in [0.29, 0.717) is 19.4 Å². The fourth-order valence-electron chi connectivity index (χ4n) is 3.84. The van der Waals surface area contributed by atoms with Crippen LogP contribution in [-0.4, -0.2) is 46.1 Å². The summed E-state index contributed by atoms with van der Waals surface area (Å²) in [5.74, 6) is -2.30. The number of aliphatic hydroxyl groups is 1. The van der Waals surface area contributed by atoms with Gasteiger partial charge in [0.05, 0.1) is 12.1 Å². The van der Waals surface area contributed by atoms with Gasteiger partial charge in [-0.15, -0.1) is 0 Å². The first kappa shape index (κ1) is 20.4. The Morgan fingerprint density at radius 3 is 2.70 bits per heavy atom. The number of nitrogens with zero attached hydrogens (tertiary/aromatic N) is 2. The molecule has 1 aromatic heterocycles. The number of hydrogen-bond acceptors (Lipinski definition) is 5. The number of carbonyl (C=O) groups excluding carboxylic acids is 1. The van der Waals surface area contributed by atoms with Crippen molar-refractivity contribution in [3.63, 3.8) is 0 Å². The summed E-state index contributed by atoms with van der Waals surface area (Å²) in [5, 5.41) is 15.2. The maximum atomic E-state index is 12.6. The van der Waals surface area contributed by atoms with E-state index in [2.05, 4.69) is 14.7 Å². The average Bonchev–Trinajstić information content (AvgIpc) is 3.35. The molecule has 1 unspecified atom stereocenters. The van der Waals surface area contributed by atoms with E-state index in [0.717, 1.165) is 16.3 Å². The Hall–Kier alpha value is -2.91. The predicted octanol–water partition coefficient (Wildman–Crippen LogP) is 3.38. The zero-order valence-corrected chi connectivity index (χ0v) is 16.1. The van der Waals surface area contributed by atoms with Crippen molar-refractivity contribution in [3.05, 3.63) is 65.9 Å². The number of rotatable bonds is 4. The zero-order chi connectivity index (χ0) is 21.5. The topological polar surface area (TPSA) is 78.6 Å². The standard InChI is InChI=1S/C21H20F3N3O3/c1-12(14-8-4-6-13-5-2-3-7-15(13)14)27-9-16(18(28)10-27)25-19(29)17-11-30-20(26-17)21(22,23)24/h2-8,11-12,16,18,28H,9-10H2,1H3,(H,25,29)/t12?,16-,18+/m0/s1. The number of amides is 1. The summed E-state index contributed by atoms with van der Waals surface area (Å²) in [6.07, 6.45) is -4.97. The number of aromatic nitrogens is 1. The molecule has 30 heavy (non-hydrogen) atoms. The van der Waals surface area contributed by atoms with Crippen LogP contribution in [0.25, 0.3) is 10.8 Å². The minimum atomic E-state index is -4.77. The molecule has 1 aliphatic heterocycles. The largest absolute Gasteiger partial charge is 0.468 e. The molecule has 1 amide bonds. The van der Waals surface area contributed by atoms with Gasteiger partial charge in [-0.3, -0.25) is 9.69 Å². The van der Waals surface area contributed by atoms with Crippen molar-refractivity contribution in [2.75, 3.05) is 13.1 Å². The van der Waals surface area contributed by atoms with Gasteiger partial charge in [-0.05, 0) is 23.3 Å². The lowest BCUT2D eigenvalue weighted by atomic mass is 9.99. The lowest BCUT2D eigenvalue weighted by Gasteiger charge is -2.25. The van der Waals surface area contributed by atoms with Gasteiger partial charge in [-0.1, -0.05) is 42.5 Å². The van der Waals surface area contributed by atoms with Crippen LogP contribution in [0.3, 0.4) is 0 Å². The van der Waals surface area contributed by atoms with Gasteiger partial charge in [0.1, 0.15) is 6.26 Å². The number of carbonyl (C=O) groups is 1. The molecule has 0 spiro atoms. The molecule has 1 fully saturated rings. The molecule has 2 N–H and O–H groups in total. The van der Waals surface area contributed by atoms with E-state index < -0.39 is 35.8 Å². The molecular weight excluding hydrogens is 399 g/mol. The molecule has 3 atom stereocenters. The fourth-order valence-corrected chi connectivity index (χ4v) is 3.84. The second kappa shape index (κ2) is 7.73. The lowest BCUT2D eigenvalue weighted by molar-refractivity contribution is -0.157. The Morgan fingerprint density at radius 2 is 1.97 bits per heavy atom. The van der Waals surface area contributed by atoms with Gasteiger partial charge in [0, 0.05) is 19.1 Å². The summed E-state index contributed by atoms with van der Waals surface area (Å²) >= 11 is 0. The third-order valence-electron chi connectivity index (χ3n) is 5.43. The number of nitrogens with one attached hydrogen (secondary N) is 1. The van der Waals surface area contributed by atoms with Crippen molar-refractivity contribution in [1.82, 2.24) is 15.2 Å². The Kier molecular flexibility index (Phi) is 5.25. The van der Waals surface area contributed by atoms with Gasteiger partial charge >= 0.3 is 12.1 Å². The molecule has 6 nitrogen and oxygen atoms in total. The Labute approximate surface area is 170 Å². The normalized spacial score (nSPS) is 21.1. The Morgan fingerprint density at radius 1 is 1.23 bits per heavy atom. The summed E-state index contributed by atoms with van der Waals surface area (Å²) in [5.41, 5.74) is 0.619. The fraction of sp³-hybridized carbons (Fsp3) is 0.333. The predicted molar refractivity (Wildman–Crippen MR) is 103 cm³/mol. The molecule has 0 bridgehead atoms. The highest BCUT2D eigenvalue weighted by Crippen LogP contribution is 2.31. The van der Waals surface area contributed by atoms with Crippen molar-refractivity contribution in [2.24, 2.45) is 0 Å². The first-order valence-electron chi connectivity index (χ1n) is 9.47. The number of likely N-dealkylation sites (tertiary alicyclic amines) is 1. The molecule has 0 saturated carbocycles. The monoisotopic (exact) mass is 419 g/mol. The van der Waals surface area contributed by atoms with E-state index in [1.54, 1.807) is 0 Å². The summed E-state index contributed by atoms with van der Waals surface area (Å²) in [4.78, 5) is 17.5. The van der Waals surface area contributed by atoms with Gasteiger partial charge in [0.25, 0.3) is 5.91 Å². The Bertz CT molecular complexity index is 1060. The van der Waals surface area contributed by atoms with Crippen molar-refractivity contribution in [2.45, 2.75) is 31.3 Å². The van der Waals surface area contributed by atoms with Gasteiger partial charge < -0.3 is 14.8 Å². The van der Waals surface area contributed by atoms with E-state index in [9.17, 15) is 23.1 Å². The van der Waals surface area contributed by atoms with E-state index in [4.69, 9.17) is 0 Å². The molecule has 158 valence electrons. The van der Waals surface area contributed by atoms with Crippen LogP contribution < -0.4 is 5.32 Å². The van der Waals surface area contributed by atoms with Crippen LogP contribution in [0.15, 0.2) is 53.1 Å². The van der Waals surface area contributed by atoms with Gasteiger partial charge in [-0.2, -0.15) is 13.2 Å². The van der Waals surface area contributed by atoms with E-state index in [1.165, 1.54) is 0 Å². The zero-order valence-electron chi connectivity index (χ0n) is 16.1. The molecule has 9 heteroatoms. The van der Waals surface area contributed by atoms with Crippen LogP contribution in [0.5, 0.6) is 0 Å². The number of fused-ring (bicyclic) bond motifs is 1. The maximum Gasteiger partial charge on any atom is 0.468 e. The number of halogens is 3. The Balaban J connectivity index is 1.47. The van der Waals surface area contributed by atoms with E-state index in [-0.39, 0.29) is 6.04 Å². The SMILES string of the molecule is CC(c1cccc2ccccc12)N1C[C@@H](O)[C@@H](NC(=O)c2coc(C(F)(F)F)n2)C1. The minimum absolute atomic E-state index is 0.0310. The van der Waals surface area contributed by atoms with E-state index >= 15 is 0 Å². The van der Waals surface area contributed by atoms with Crippen molar-refractivity contribution >= 4 is 16.7 Å². The number of benzene rings is 2. The molecule has 4 rings (SSSR count). The van der Waals surface area contributed by atoms with Gasteiger partial charge in [0.15, 0.2) is 5.69 Å². The van der Waals surface area contributed by atoms with Crippen LogP contribution in [0.2, 0.25) is 0 Å². The summed E-state index contributed by atoms with van der Waals surface area (Å²) in [7, 11) is 0. The summed E-state index contributed by atoms with van der Waals surface area (Å²) in [6, 6.07) is 13.4. The second-order valence-corrected chi connectivity index (χ2v) is 7.38. The van der Waals surface area contributed by atoms with Crippen LogP contribution in [0.1, 0.15) is 34.9 Å². The molecule has 0 radical (unpaired) electrons. The van der Waals surface area contributed by atoms with Gasteiger partial charge in [0.2, 0.25) is 0 Å². The summed E-state index contributed by atoms with van der Waals surface area (Å²) in [6.45, 7) is 2.69. The van der Waals surface area contributed by atoms with Crippen LogP contribution in [0.4, 0.5) is 13.2 Å². The molecule has 1 saturated heterocycles. The number of β-amino-alcohol motifs (C(OH)–C–C–N with tert-alkyl or cyclic N) is 1. The highest BCUT2D eigenvalue weighted by molar-refractivity contribution is 5.92. The molecule has 1 aliphatic rings. The molecule has 3 aromatic rings. The van der Waals surface area contributed by atoms with Gasteiger partial charge in [-0.25, -0.2) is 4.98 Å². The molecule has 2 heterocycles. The number of hydrogen-bond donors (Lipinski definition) is 2. The highest BCUT2D eigenvalue weighted by atomic mass is 19.4. The smallest absolute Gasteiger partial charge is 0.441 e. The van der Waals surface area contributed by atoms with Crippen molar-refractivity contribution in [3.8, 4) is 0 Å². The highest BCUT2D eigenvalue weighted by Gasteiger charge is 2.39. The van der Waals surface area contributed by atoms with Crippen LogP contribution >= 0.6 is 0 Å². The second-order valence-electron chi connectivity index (χ2n) is 7.38. The third kappa shape index (κ3) is 3.90. The lowest BCUT2D eigenvalue weighted by Crippen LogP contribution is -2.43. The average molecular weight is 419 g/mol. The van der Waals surface area contributed by atoms with Crippen molar-refractivity contribution in [1.29, 1.82) is 0 Å². The van der Waals surface area contributed by atoms with E-state index in [1.807, 2.05) is 54.3 Å². The first-order chi connectivity index (χ1) is 14.2. The number of oxazole rings is 1. The van der Waals surface area contributed by atoms with Crippen LogP contribution in [0, 0.1) is 0 Å². The third-order valence-corrected chi connectivity index (χ3v) is 5.43. The summed E-state index contributed by atoms with van der Waals surface area (Å²) < 4.78 is 42.2. The van der Waals surface area contributed by atoms with Crippen LogP contribution in [-0.2, 0) is 6.18 Å². The molecular formula is C21H20F3N3O3. The quantitative estimate of drug-likeness (QED) is 0.678. The maximum absolute atomic E-state index is 12.6. The molecule has 2 aromatic carbocycles. The minimum Gasteiger partial charge on any atom is -0.441 e. The first-order valence-corrected chi connectivity index (χ1v) is 9.47. The number of aliphatic hydroxyl groups excluding tert-OH is 1. The van der Waals surface area contributed by atoms with Crippen molar-refractivity contribution < 1.29 is 27.5 Å². The number of alkyl halides is 3. The molecule has 0 aliphatic carbocycles.